The lowest BCUT2D eigenvalue weighted by Gasteiger charge is -2.01. The van der Waals surface area contributed by atoms with Gasteiger partial charge < -0.3 is 9.09 Å². The minimum atomic E-state index is -0.0778. The molecule has 1 aliphatic carbocycles. The predicted molar refractivity (Wildman–Crippen MR) is 63.8 cm³/mol. The Morgan fingerprint density at radius 2 is 2.29 bits per heavy atom. The van der Waals surface area contributed by atoms with E-state index in [9.17, 15) is 4.79 Å². The molecule has 0 amide bonds. The summed E-state index contributed by atoms with van der Waals surface area (Å²) in [5.74, 6) is 1.69. The number of nitrogens with zero attached hydrogens (tertiary/aromatic N) is 3. The van der Waals surface area contributed by atoms with Crippen LogP contribution < -0.4 is 5.56 Å². The molecule has 0 N–H and O–H groups in total. The van der Waals surface area contributed by atoms with E-state index >= 15 is 0 Å². The van der Waals surface area contributed by atoms with Crippen molar-refractivity contribution in [3.63, 3.8) is 0 Å². The van der Waals surface area contributed by atoms with Gasteiger partial charge in [0.1, 0.15) is 0 Å². The molecule has 2 heterocycles. The van der Waals surface area contributed by atoms with E-state index in [2.05, 4.69) is 26.1 Å². The van der Waals surface area contributed by atoms with Crippen molar-refractivity contribution in [1.29, 1.82) is 0 Å². The van der Waals surface area contributed by atoms with Crippen LogP contribution in [0.1, 0.15) is 30.5 Å². The average Bonchev–Trinajstić information content (AvgIpc) is 3.05. The molecule has 1 aliphatic rings. The highest BCUT2D eigenvalue weighted by Crippen LogP contribution is 2.38. The van der Waals surface area contributed by atoms with Gasteiger partial charge in [0.15, 0.2) is 5.82 Å². The summed E-state index contributed by atoms with van der Waals surface area (Å²) in [6, 6.07) is 3.22. The van der Waals surface area contributed by atoms with Crippen LogP contribution >= 0.6 is 15.9 Å². The van der Waals surface area contributed by atoms with Gasteiger partial charge in [0.05, 0.1) is 6.54 Å². The molecule has 1 saturated carbocycles. The second kappa shape index (κ2) is 4.10. The minimum absolute atomic E-state index is 0.0778. The molecule has 5 nitrogen and oxygen atoms in total. The highest BCUT2D eigenvalue weighted by molar-refractivity contribution is 9.10. The lowest BCUT2D eigenvalue weighted by molar-refractivity contribution is 0.373. The molecule has 6 heteroatoms. The number of rotatable bonds is 3. The average molecular weight is 296 g/mol. The Kier molecular flexibility index (Phi) is 2.58. The van der Waals surface area contributed by atoms with Gasteiger partial charge in [-0.15, -0.1) is 0 Å². The van der Waals surface area contributed by atoms with Gasteiger partial charge in [0.25, 0.3) is 5.56 Å². The fourth-order valence-corrected chi connectivity index (χ4v) is 1.99. The number of hydrogen-bond donors (Lipinski definition) is 0. The highest BCUT2D eigenvalue weighted by Gasteiger charge is 2.29. The fraction of sp³-hybridized carbons (Fsp3) is 0.364. The molecule has 88 valence electrons. The van der Waals surface area contributed by atoms with Crippen LogP contribution in [-0.4, -0.2) is 14.7 Å². The third-order valence-electron chi connectivity index (χ3n) is 2.67. The second-order valence-electron chi connectivity index (χ2n) is 4.14. The Morgan fingerprint density at radius 3 is 3.06 bits per heavy atom. The van der Waals surface area contributed by atoms with E-state index in [1.54, 1.807) is 16.8 Å². The van der Waals surface area contributed by atoms with Crippen molar-refractivity contribution in [3.8, 4) is 0 Å². The van der Waals surface area contributed by atoms with Gasteiger partial charge in [0.2, 0.25) is 5.89 Å². The Labute approximate surface area is 106 Å². The summed E-state index contributed by atoms with van der Waals surface area (Å²) in [4.78, 5) is 15.9. The molecule has 2 aromatic rings. The van der Waals surface area contributed by atoms with E-state index < -0.39 is 0 Å². The molecule has 1 fully saturated rings. The van der Waals surface area contributed by atoms with Crippen LogP contribution in [0.4, 0.5) is 0 Å². The van der Waals surface area contributed by atoms with Crippen LogP contribution in [0.15, 0.2) is 32.1 Å². The maximum atomic E-state index is 11.6. The van der Waals surface area contributed by atoms with Crippen LogP contribution in [0, 0.1) is 0 Å². The van der Waals surface area contributed by atoms with Crippen molar-refractivity contribution in [1.82, 2.24) is 14.7 Å². The molecule has 0 saturated heterocycles. The third-order valence-corrected chi connectivity index (χ3v) is 3.14. The van der Waals surface area contributed by atoms with Gasteiger partial charge in [-0.2, -0.15) is 4.98 Å². The van der Waals surface area contributed by atoms with E-state index in [0.29, 0.717) is 24.2 Å². The van der Waals surface area contributed by atoms with E-state index in [1.807, 2.05) is 0 Å². The molecule has 0 radical (unpaired) electrons. The normalized spacial score (nSPS) is 15.1. The molecule has 0 unspecified atom stereocenters. The summed E-state index contributed by atoms with van der Waals surface area (Å²) in [5, 5.41) is 3.88. The standard InChI is InChI=1S/C11H10BrN3O2/c12-8-3-4-10(16)15(5-8)6-9-13-11(17-14-9)7-1-2-7/h3-5,7H,1-2,6H2. The Bertz CT molecular complexity index is 601. The molecular weight excluding hydrogens is 286 g/mol. The van der Waals surface area contributed by atoms with Crippen LogP contribution in [-0.2, 0) is 6.54 Å². The molecule has 0 bridgehead atoms. The summed E-state index contributed by atoms with van der Waals surface area (Å²) in [7, 11) is 0. The molecule has 3 rings (SSSR count). The summed E-state index contributed by atoms with van der Waals surface area (Å²) in [5.41, 5.74) is -0.0778. The first-order chi connectivity index (χ1) is 8.22. The molecule has 0 aliphatic heterocycles. The zero-order chi connectivity index (χ0) is 11.8. The first-order valence-corrected chi connectivity index (χ1v) is 6.20. The smallest absolute Gasteiger partial charge is 0.251 e. The first kappa shape index (κ1) is 10.7. The van der Waals surface area contributed by atoms with Crippen LogP contribution in [0.25, 0.3) is 0 Å². The van der Waals surface area contributed by atoms with E-state index in [0.717, 1.165) is 17.3 Å². The van der Waals surface area contributed by atoms with Gasteiger partial charge in [-0.1, -0.05) is 5.16 Å². The summed E-state index contributed by atoms with van der Waals surface area (Å²) >= 11 is 3.32. The quantitative estimate of drug-likeness (QED) is 0.868. The maximum absolute atomic E-state index is 11.6. The monoisotopic (exact) mass is 295 g/mol. The molecule has 0 atom stereocenters. The van der Waals surface area contributed by atoms with Gasteiger partial charge in [-0.25, -0.2) is 0 Å². The molecule has 2 aromatic heterocycles. The Morgan fingerprint density at radius 1 is 1.47 bits per heavy atom. The zero-order valence-corrected chi connectivity index (χ0v) is 10.6. The predicted octanol–water partition coefficient (Wildman–Crippen LogP) is 1.92. The lowest BCUT2D eigenvalue weighted by atomic mass is 10.4. The van der Waals surface area contributed by atoms with Crippen molar-refractivity contribution in [2.75, 3.05) is 0 Å². The Balaban J connectivity index is 1.85. The largest absolute Gasteiger partial charge is 0.339 e. The van der Waals surface area contributed by atoms with Gasteiger partial charge >= 0.3 is 0 Å². The Hall–Kier alpha value is -1.43. The molecular formula is C11H10BrN3O2. The van der Waals surface area contributed by atoms with Gasteiger partial charge in [-0.05, 0) is 34.8 Å². The van der Waals surface area contributed by atoms with E-state index in [-0.39, 0.29) is 5.56 Å². The minimum Gasteiger partial charge on any atom is -0.339 e. The van der Waals surface area contributed by atoms with Crippen LogP contribution in [0.3, 0.4) is 0 Å². The summed E-state index contributed by atoms with van der Waals surface area (Å²) < 4.78 is 7.54. The zero-order valence-electron chi connectivity index (χ0n) is 8.97. The summed E-state index contributed by atoms with van der Waals surface area (Å²) in [6.07, 6.45) is 3.96. The number of pyridine rings is 1. The first-order valence-electron chi connectivity index (χ1n) is 5.41. The van der Waals surface area contributed by atoms with Crippen molar-refractivity contribution in [2.24, 2.45) is 0 Å². The van der Waals surface area contributed by atoms with Gasteiger partial charge in [-0.3, -0.25) is 4.79 Å². The second-order valence-corrected chi connectivity index (χ2v) is 5.05. The van der Waals surface area contributed by atoms with Crippen molar-refractivity contribution in [3.05, 3.63) is 44.9 Å². The van der Waals surface area contributed by atoms with Crippen LogP contribution in [0.5, 0.6) is 0 Å². The van der Waals surface area contributed by atoms with E-state index in [1.165, 1.54) is 6.07 Å². The fourth-order valence-electron chi connectivity index (χ4n) is 1.61. The number of hydrogen-bond acceptors (Lipinski definition) is 4. The van der Waals surface area contributed by atoms with Crippen molar-refractivity contribution in [2.45, 2.75) is 25.3 Å². The molecule has 0 aromatic carbocycles. The highest BCUT2D eigenvalue weighted by atomic mass is 79.9. The summed E-state index contributed by atoms with van der Waals surface area (Å²) in [6.45, 7) is 0.342. The lowest BCUT2D eigenvalue weighted by Crippen LogP contribution is -2.19. The number of halogens is 1. The SMILES string of the molecule is O=c1ccc(Br)cn1Cc1noc(C2CC2)n1. The van der Waals surface area contributed by atoms with Crippen molar-refractivity contribution >= 4 is 15.9 Å². The van der Waals surface area contributed by atoms with E-state index in [4.69, 9.17) is 4.52 Å². The topological polar surface area (TPSA) is 60.9 Å². The molecule has 17 heavy (non-hydrogen) atoms. The maximum Gasteiger partial charge on any atom is 0.251 e. The van der Waals surface area contributed by atoms with Crippen molar-refractivity contribution < 1.29 is 4.52 Å². The van der Waals surface area contributed by atoms with Gasteiger partial charge in [0, 0.05) is 22.7 Å². The number of aromatic nitrogens is 3. The van der Waals surface area contributed by atoms with Crippen LogP contribution in [0.2, 0.25) is 0 Å². The third kappa shape index (κ3) is 2.31. The molecule has 0 spiro atoms.